The van der Waals surface area contributed by atoms with Crippen LogP contribution in [0.15, 0.2) is 12.3 Å². The number of aromatic amines is 1. The first kappa shape index (κ1) is 10.2. The summed E-state index contributed by atoms with van der Waals surface area (Å²) in [7, 11) is 0. The summed E-state index contributed by atoms with van der Waals surface area (Å²) in [6.45, 7) is 0. The number of nitro groups is 1. The van der Waals surface area contributed by atoms with Crippen molar-refractivity contribution in [3.8, 4) is 0 Å². The topological polar surface area (TPSA) is 76.0 Å². The van der Waals surface area contributed by atoms with Gasteiger partial charge in [-0.15, -0.1) is 0 Å². The molecular weight excluding hydrogens is 205 g/mol. The van der Waals surface area contributed by atoms with Crippen LogP contribution in [0.1, 0.15) is 10.5 Å². The number of H-pyrrole nitrogens is 1. The van der Waals surface area contributed by atoms with Crippen LogP contribution in [0.4, 0.5) is 18.9 Å². The highest BCUT2D eigenvalue weighted by Crippen LogP contribution is 2.22. The first-order valence-electron chi connectivity index (χ1n) is 3.26. The molecule has 8 heteroatoms. The Kier molecular flexibility index (Phi) is 2.28. The van der Waals surface area contributed by atoms with Gasteiger partial charge in [-0.05, 0) is 0 Å². The Bertz CT molecular complexity index is 382. The molecule has 0 saturated carbocycles. The number of carbonyl (C=O) groups excluding carboxylic acids is 1. The smallest absolute Gasteiger partial charge is 0.353 e. The van der Waals surface area contributed by atoms with Crippen molar-refractivity contribution >= 4 is 11.5 Å². The van der Waals surface area contributed by atoms with Crippen LogP contribution in [0, 0.1) is 10.1 Å². The number of rotatable bonds is 2. The molecule has 0 aromatic carbocycles. The van der Waals surface area contributed by atoms with Gasteiger partial charge in [-0.25, -0.2) is 0 Å². The molecule has 5 nitrogen and oxygen atoms in total. The van der Waals surface area contributed by atoms with Gasteiger partial charge >= 0.3 is 6.18 Å². The van der Waals surface area contributed by atoms with Gasteiger partial charge in [-0.1, -0.05) is 0 Å². The van der Waals surface area contributed by atoms with E-state index in [0.29, 0.717) is 6.07 Å². The zero-order valence-electron chi connectivity index (χ0n) is 6.46. The van der Waals surface area contributed by atoms with E-state index < -0.39 is 28.3 Å². The fourth-order valence-electron chi connectivity index (χ4n) is 0.772. The van der Waals surface area contributed by atoms with Gasteiger partial charge in [-0.3, -0.25) is 14.9 Å². The molecule has 0 aliphatic heterocycles. The van der Waals surface area contributed by atoms with Gasteiger partial charge in [0.25, 0.3) is 11.5 Å². The average molecular weight is 208 g/mol. The monoisotopic (exact) mass is 208 g/mol. The molecule has 1 aromatic heterocycles. The lowest BCUT2D eigenvalue weighted by Crippen LogP contribution is -2.22. The summed E-state index contributed by atoms with van der Waals surface area (Å²) in [5, 5.41) is 10.1. The lowest BCUT2D eigenvalue weighted by atomic mass is 10.3. The zero-order valence-corrected chi connectivity index (χ0v) is 6.46. The summed E-state index contributed by atoms with van der Waals surface area (Å²) in [6.07, 6.45) is -4.31. The van der Waals surface area contributed by atoms with E-state index in [1.165, 1.54) is 0 Å². The van der Waals surface area contributed by atoms with Crippen LogP contribution in [0.2, 0.25) is 0 Å². The maximum absolute atomic E-state index is 11.8. The van der Waals surface area contributed by atoms with Crippen molar-refractivity contribution in [3.05, 3.63) is 28.1 Å². The number of aromatic nitrogens is 1. The molecule has 1 heterocycles. The number of ketones is 1. The Morgan fingerprint density at radius 3 is 2.43 bits per heavy atom. The largest absolute Gasteiger partial charge is 0.456 e. The van der Waals surface area contributed by atoms with Gasteiger partial charge in [0, 0.05) is 6.07 Å². The first-order valence-corrected chi connectivity index (χ1v) is 3.26. The van der Waals surface area contributed by atoms with E-state index in [1.54, 1.807) is 0 Å². The number of hydrogen-bond donors (Lipinski definition) is 1. The van der Waals surface area contributed by atoms with Crippen molar-refractivity contribution in [1.29, 1.82) is 0 Å². The molecule has 0 aliphatic rings. The molecule has 1 aromatic rings. The number of hydrogen-bond acceptors (Lipinski definition) is 3. The third kappa shape index (κ3) is 1.90. The Balaban J connectivity index is 2.99. The summed E-state index contributed by atoms with van der Waals surface area (Å²) >= 11 is 0. The summed E-state index contributed by atoms with van der Waals surface area (Å²) in [6, 6.07) is 0.538. The molecule has 0 saturated heterocycles. The van der Waals surface area contributed by atoms with E-state index in [1.807, 2.05) is 4.98 Å². The zero-order chi connectivity index (χ0) is 10.9. The highest BCUT2D eigenvalue weighted by molar-refractivity contribution is 5.99. The van der Waals surface area contributed by atoms with Crippen LogP contribution in [-0.4, -0.2) is 21.9 Å². The Morgan fingerprint density at radius 1 is 1.50 bits per heavy atom. The number of halogens is 3. The third-order valence-corrected chi connectivity index (χ3v) is 1.38. The second kappa shape index (κ2) is 3.13. The van der Waals surface area contributed by atoms with E-state index >= 15 is 0 Å². The minimum absolute atomic E-state index is 0.538. The van der Waals surface area contributed by atoms with Gasteiger partial charge in [0.2, 0.25) is 0 Å². The average Bonchev–Trinajstić information content (AvgIpc) is 2.48. The van der Waals surface area contributed by atoms with Crippen LogP contribution < -0.4 is 0 Å². The third-order valence-electron chi connectivity index (χ3n) is 1.38. The van der Waals surface area contributed by atoms with Gasteiger partial charge in [0.1, 0.15) is 0 Å². The van der Waals surface area contributed by atoms with Crippen molar-refractivity contribution < 1.29 is 22.9 Å². The summed E-state index contributed by atoms with van der Waals surface area (Å²) in [4.78, 5) is 21.6. The highest BCUT2D eigenvalue weighted by Gasteiger charge is 2.40. The molecule has 0 spiro atoms. The van der Waals surface area contributed by atoms with Gasteiger partial charge in [-0.2, -0.15) is 13.2 Å². The normalized spacial score (nSPS) is 11.4. The highest BCUT2D eigenvalue weighted by atomic mass is 19.4. The van der Waals surface area contributed by atoms with Gasteiger partial charge < -0.3 is 4.98 Å². The van der Waals surface area contributed by atoms with Crippen molar-refractivity contribution in [2.24, 2.45) is 0 Å². The van der Waals surface area contributed by atoms with E-state index in [-0.39, 0.29) is 0 Å². The number of nitrogens with zero attached hydrogens (tertiary/aromatic N) is 1. The quantitative estimate of drug-likeness (QED) is 0.456. The van der Waals surface area contributed by atoms with Crippen molar-refractivity contribution in [3.63, 3.8) is 0 Å². The minimum Gasteiger partial charge on any atom is -0.353 e. The molecule has 0 radical (unpaired) electrons. The Hall–Kier alpha value is -1.86. The SMILES string of the molecule is O=C(c1cc([N+](=O)[O-])c[nH]1)C(F)(F)F. The summed E-state index contributed by atoms with van der Waals surface area (Å²) in [5.41, 5.74) is -1.43. The molecule has 1 N–H and O–H groups in total. The van der Waals surface area contributed by atoms with Crippen LogP contribution in [0.5, 0.6) is 0 Å². The molecule has 1 rings (SSSR count). The van der Waals surface area contributed by atoms with Gasteiger partial charge in [0.15, 0.2) is 0 Å². The fraction of sp³-hybridized carbons (Fsp3) is 0.167. The van der Waals surface area contributed by atoms with Crippen LogP contribution in [-0.2, 0) is 0 Å². The molecule has 0 unspecified atom stereocenters. The maximum atomic E-state index is 11.8. The van der Waals surface area contributed by atoms with Crippen molar-refractivity contribution in [1.82, 2.24) is 4.98 Å². The summed E-state index contributed by atoms with van der Waals surface area (Å²) in [5.74, 6) is -2.13. The van der Waals surface area contributed by atoms with Crippen molar-refractivity contribution in [2.45, 2.75) is 6.18 Å². The minimum atomic E-state index is -5.03. The molecule has 0 atom stereocenters. The number of nitrogens with one attached hydrogen (secondary N) is 1. The Morgan fingerprint density at radius 2 is 2.07 bits per heavy atom. The first-order chi connectivity index (χ1) is 6.32. The molecule has 14 heavy (non-hydrogen) atoms. The molecule has 0 fully saturated rings. The maximum Gasteiger partial charge on any atom is 0.456 e. The summed E-state index contributed by atoms with van der Waals surface area (Å²) < 4.78 is 35.4. The number of carbonyl (C=O) groups is 1. The molecule has 0 aliphatic carbocycles. The van der Waals surface area contributed by atoms with E-state index in [0.717, 1.165) is 6.20 Å². The Labute approximate surface area is 74.7 Å². The van der Waals surface area contributed by atoms with E-state index in [9.17, 15) is 28.1 Å². The molecule has 0 bridgehead atoms. The predicted octanol–water partition coefficient (Wildman–Crippen LogP) is 1.67. The lowest BCUT2D eigenvalue weighted by Gasteiger charge is -2.00. The fourth-order valence-corrected chi connectivity index (χ4v) is 0.772. The van der Waals surface area contributed by atoms with Crippen LogP contribution in [0.3, 0.4) is 0 Å². The second-order valence-electron chi connectivity index (χ2n) is 2.36. The van der Waals surface area contributed by atoms with Crippen LogP contribution in [0.25, 0.3) is 0 Å². The van der Waals surface area contributed by atoms with Crippen molar-refractivity contribution in [2.75, 3.05) is 0 Å². The van der Waals surface area contributed by atoms with E-state index in [4.69, 9.17) is 0 Å². The lowest BCUT2D eigenvalue weighted by molar-refractivity contribution is -0.384. The van der Waals surface area contributed by atoms with E-state index in [2.05, 4.69) is 0 Å². The van der Waals surface area contributed by atoms with Gasteiger partial charge in [0.05, 0.1) is 16.8 Å². The number of Topliss-reactive ketones (excluding diaryl/α,β-unsaturated/α-hetero) is 1. The molecular formula is C6H3F3N2O3. The predicted molar refractivity (Wildman–Crippen MR) is 37.8 cm³/mol. The second-order valence-corrected chi connectivity index (χ2v) is 2.36. The number of alkyl halides is 3. The molecule has 76 valence electrons. The standard InChI is InChI=1S/C6H3F3N2O3/c7-6(8,9)5(12)4-1-3(2-10-4)11(13)14/h1-2,10H. The van der Waals surface area contributed by atoms with Crippen LogP contribution >= 0.6 is 0 Å². The molecule has 0 amide bonds.